The molecule has 168 valence electrons. The quantitative estimate of drug-likeness (QED) is 0.708. The van der Waals surface area contributed by atoms with Crippen LogP contribution < -0.4 is 15.5 Å². The van der Waals surface area contributed by atoms with Gasteiger partial charge in [-0.1, -0.05) is 19.1 Å². The van der Waals surface area contributed by atoms with E-state index in [0.29, 0.717) is 43.7 Å². The summed E-state index contributed by atoms with van der Waals surface area (Å²) in [6.07, 6.45) is 0.417. The van der Waals surface area contributed by atoms with E-state index >= 15 is 0 Å². The summed E-state index contributed by atoms with van der Waals surface area (Å²) in [6, 6.07) is 6.42. The maximum absolute atomic E-state index is 13.0. The molecule has 0 unspecified atom stereocenters. The van der Waals surface area contributed by atoms with E-state index in [1.165, 1.54) is 0 Å². The number of anilines is 1. The summed E-state index contributed by atoms with van der Waals surface area (Å²) in [6.45, 7) is 10.5. The first-order valence-electron chi connectivity index (χ1n) is 10.9. The molecule has 0 bridgehead atoms. The van der Waals surface area contributed by atoms with Crippen molar-refractivity contribution in [1.29, 1.82) is 0 Å². The van der Waals surface area contributed by atoms with Crippen LogP contribution in [0.15, 0.2) is 24.3 Å². The molecule has 1 aromatic carbocycles. The number of benzene rings is 1. The number of carbonyl (C=O) groups is 3. The molecule has 0 saturated carbocycles. The number of aromatic nitrogens is 2. The number of aryl methyl sites for hydroxylation is 1. The topological polar surface area (TPSA) is 108 Å². The van der Waals surface area contributed by atoms with Gasteiger partial charge in [0.2, 0.25) is 0 Å². The number of imide groups is 1. The molecule has 2 aromatic rings. The second-order valence-electron chi connectivity index (χ2n) is 8.38. The molecule has 0 radical (unpaired) electrons. The maximum atomic E-state index is 13.0. The number of hydrogen-bond acceptors (Lipinski definition) is 6. The highest BCUT2D eigenvalue weighted by molar-refractivity contribution is 6.07. The zero-order chi connectivity index (χ0) is 23.0. The van der Waals surface area contributed by atoms with Gasteiger partial charge in [0, 0.05) is 31.7 Å². The average molecular weight is 437 g/mol. The molecule has 0 aliphatic carbocycles. The van der Waals surface area contributed by atoms with E-state index in [-0.39, 0.29) is 11.8 Å². The van der Waals surface area contributed by atoms with Gasteiger partial charge < -0.3 is 15.1 Å². The highest BCUT2D eigenvalue weighted by atomic mass is 16.2. The zero-order valence-electron chi connectivity index (χ0n) is 18.9. The number of urea groups is 1. The van der Waals surface area contributed by atoms with Crippen LogP contribution in [0.5, 0.6) is 0 Å². The SMILES string of the molecule is CC[C@]1(c2ccc(C(=O)N3CCN(c4nnc(C)c(C)c4C)CC3)cc2)NC(=O)NC1=O. The minimum absolute atomic E-state index is 0.0513. The highest BCUT2D eigenvalue weighted by Crippen LogP contribution is 2.29. The lowest BCUT2D eigenvalue weighted by Crippen LogP contribution is -2.49. The van der Waals surface area contributed by atoms with Gasteiger partial charge >= 0.3 is 6.03 Å². The van der Waals surface area contributed by atoms with E-state index < -0.39 is 11.6 Å². The maximum Gasteiger partial charge on any atom is 0.322 e. The summed E-state index contributed by atoms with van der Waals surface area (Å²) in [5.74, 6) is 0.459. The molecule has 2 aliphatic heterocycles. The normalized spacial score (nSPS) is 20.9. The van der Waals surface area contributed by atoms with Crippen molar-refractivity contribution in [3.05, 3.63) is 52.2 Å². The van der Waals surface area contributed by atoms with Gasteiger partial charge in [-0.25, -0.2) is 4.79 Å². The Morgan fingerprint density at radius 3 is 2.22 bits per heavy atom. The summed E-state index contributed by atoms with van der Waals surface area (Å²) in [4.78, 5) is 41.0. The Morgan fingerprint density at radius 1 is 1.00 bits per heavy atom. The van der Waals surface area contributed by atoms with Crippen molar-refractivity contribution < 1.29 is 14.4 Å². The number of carbonyl (C=O) groups excluding carboxylic acids is 3. The molecular formula is C23H28N6O3. The van der Waals surface area contributed by atoms with Crippen LogP contribution in [-0.2, 0) is 10.3 Å². The molecule has 2 N–H and O–H groups in total. The fourth-order valence-corrected chi connectivity index (χ4v) is 4.36. The molecule has 1 aromatic heterocycles. The van der Waals surface area contributed by atoms with Crippen molar-refractivity contribution in [2.75, 3.05) is 31.1 Å². The fraction of sp³-hybridized carbons (Fsp3) is 0.435. The van der Waals surface area contributed by atoms with Crippen molar-refractivity contribution in [3.63, 3.8) is 0 Å². The molecule has 3 heterocycles. The van der Waals surface area contributed by atoms with Gasteiger partial charge in [0.15, 0.2) is 5.82 Å². The number of amides is 4. The number of nitrogens with one attached hydrogen (secondary N) is 2. The van der Waals surface area contributed by atoms with Gasteiger partial charge in [0.1, 0.15) is 5.54 Å². The second-order valence-corrected chi connectivity index (χ2v) is 8.38. The molecule has 0 spiro atoms. The summed E-state index contributed by atoms with van der Waals surface area (Å²) in [5, 5.41) is 13.6. The Kier molecular flexibility index (Phi) is 5.58. The Hall–Kier alpha value is -3.49. The van der Waals surface area contributed by atoms with E-state index in [1.54, 1.807) is 24.3 Å². The molecule has 4 rings (SSSR count). The monoisotopic (exact) mass is 436 g/mol. The Balaban J connectivity index is 1.44. The highest BCUT2D eigenvalue weighted by Gasteiger charge is 2.46. The van der Waals surface area contributed by atoms with Crippen molar-refractivity contribution in [1.82, 2.24) is 25.7 Å². The third-order valence-electron chi connectivity index (χ3n) is 6.70. The van der Waals surface area contributed by atoms with E-state index in [9.17, 15) is 14.4 Å². The summed E-state index contributed by atoms with van der Waals surface area (Å²) in [5.41, 5.74) is 3.33. The molecule has 9 nitrogen and oxygen atoms in total. The van der Waals surface area contributed by atoms with Crippen molar-refractivity contribution in [2.24, 2.45) is 0 Å². The lowest BCUT2D eigenvalue weighted by molar-refractivity contribution is -0.124. The lowest BCUT2D eigenvalue weighted by Gasteiger charge is -2.36. The first-order chi connectivity index (χ1) is 15.3. The minimum atomic E-state index is -1.09. The van der Waals surface area contributed by atoms with Crippen LogP contribution in [0.3, 0.4) is 0 Å². The first-order valence-corrected chi connectivity index (χ1v) is 10.9. The predicted octanol–water partition coefficient (Wildman–Crippen LogP) is 1.81. The summed E-state index contributed by atoms with van der Waals surface area (Å²) < 4.78 is 0. The summed E-state index contributed by atoms with van der Waals surface area (Å²) in [7, 11) is 0. The van der Waals surface area contributed by atoms with Crippen LogP contribution in [0.1, 0.15) is 46.1 Å². The van der Waals surface area contributed by atoms with Gasteiger partial charge in [-0.15, -0.1) is 5.10 Å². The second kappa shape index (κ2) is 8.22. The number of nitrogens with zero attached hydrogens (tertiary/aromatic N) is 4. The largest absolute Gasteiger partial charge is 0.351 e. The van der Waals surface area contributed by atoms with Crippen LogP contribution in [0.2, 0.25) is 0 Å². The molecule has 9 heteroatoms. The van der Waals surface area contributed by atoms with E-state index in [2.05, 4.69) is 39.6 Å². The van der Waals surface area contributed by atoms with Crippen molar-refractivity contribution in [2.45, 2.75) is 39.7 Å². The molecular weight excluding hydrogens is 408 g/mol. The number of rotatable bonds is 4. The number of hydrogen-bond donors (Lipinski definition) is 2. The summed E-state index contributed by atoms with van der Waals surface area (Å²) >= 11 is 0. The Labute approximate surface area is 187 Å². The molecule has 32 heavy (non-hydrogen) atoms. The van der Waals surface area contributed by atoms with Crippen LogP contribution in [-0.4, -0.2) is 59.1 Å². The fourth-order valence-electron chi connectivity index (χ4n) is 4.36. The third kappa shape index (κ3) is 3.57. The predicted molar refractivity (Wildman–Crippen MR) is 119 cm³/mol. The van der Waals surface area contributed by atoms with Crippen molar-refractivity contribution in [3.8, 4) is 0 Å². The van der Waals surface area contributed by atoms with Gasteiger partial charge in [-0.2, -0.15) is 5.10 Å². The molecule has 2 saturated heterocycles. The van der Waals surface area contributed by atoms with Gasteiger partial charge in [-0.3, -0.25) is 14.9 Å². The number of piperazine rings is 1. The van der Waals surface area contributed by atoms with Gasteiger partial charge in [0.05, 0.1) is 5.69 Å². The van der Waals surface area contributed by atoms with Crippen LogP contribution >= 0.6 is 0 Å². The molecule has 2 fully saturated rings. The lowest BCUT2D eigenvalue weighted by atomic mass is 9.87. The zero-order valence-corrected chi connectivity index (χ0v) is 18.9. The molecule has 1 atom stereocenters. The van der Waals surface area contributed by atoms with E-state index in [0.717, 1.165) is 22.6 Å². The Bertz CT molecular complexity index is 1080. The molecule has 4 amide bonds. The van der Waals surface area contributed by atoms with Crippen LogP contribution in [0.25, 0.3) is 0 Å². The average Bonchev–Trinajstić information content (AvgIpc) is 3.11. The minimum Gasteiger partial charge on any atom is -0.351 e. The Morgan fingerprint density at radius 2 is 1.66 bits per heavy atom. The van der Waals surface area contributed by atoms with Crippen LogP contribution in [0, 0.1) is 20.8 Å². The molecule has 2 aliphatic rings. The standard InChI is InChI=1S/C23H28N6O3/c1-5-23(21(31)24-22(32)25-23)18-8-6-17(7-9-18)20(30)29-12-10-28(11-13-29)19-15(3)14(2)16(4)26-27-19/h6-9H,5,10-13H2,1-4H3,(H2,24,25,31,32)/t23-/m1/s1. The van der Waals surface area contributed by atoms with Gasteiger partial charge in [0.25, 0.3) is 11.8 Å². The first kappa shape index (κ1) is 21.7. The smallest absolute Gasteiger partial charge is 0.322 e. The van der Waals surface area contributed by atoms with E-state index in [1.807, 2.05) is 18.7 Å². The van der Waals surface area contributed by atoms with Crippen LogP contribution in [0.4, 0.5) is 10.6 Å². The van der Waals surface area contributed by atoms with E-state index in [4.69, 9.17) is 0 Å². The van der Waals surface area contributed by atoms with Gasteiger partial charge in [-0.05, 0) is 56.0 Å². The van der Waals surface area contributed by atoms with Crippen molar-refractivity contribution >= 4 is 23.7 Å². The third-order valence-corrected chi connectivity index (χ3v) is 6.70.